The van der Waals surface area contributed by atoms with Gasteiger partial charge in [0.1, 0.15) is 5.82 Å². The molecule has 3 nitrogen and oxygen atoms in total. The van der Waals surface area contributed by atoms with Crippen LogP contribution in [0, 0.1) is 18.8 Å². The molecule has 0 amide bonds. The summed E-state index contributed by atoms with van der Waals surface area (Å²) in [6.45, 7) is 2.00. The average Bonchev–Trinajstić information content (AvgIpc) is 2.79. The Hall–Kier alpha value is -1.12. The highest BCUT2D eigenvalue weighted by Gasteiger charge is 2.45. The van der Waals surface area contributed by atoms with E-state index in [9.17, 15) is 0 Å². The quantitative estimate of drug-likeness (QED) is 0.773. The lowest BCUT2D eigenvalue weighted by Gasteiger charge is -2.15. The summed E-state index contributed by atoms with van der Waals surface area (Å²) in [6.07, 6.45) is 7.64. The van der Waals surface area contributed by atoms with Crippen molar-refractivity contribution < 1.29 is 0 Å². The first-order valence-corrected chi connectivity index (χ1v) is 5.37. The normalized spacial score (nSPS) is 33.9. The third-order valence-electron chi connectivity index (χ3n) is 3.47. The smallest absolute Gasteiger partial charge is 0.147 e. The number of rotatable bonds is 2. The predicted molar refractivity (Wildman–Crippen MR) is 55.0 cm³/mol. The van der Waals surface area contributed by atoms with E-state index < -0.39 is 0 Å². The molecule has 0 aliphatic heterocycles. The van der Waals surface area contributed by atoms with Gasteiger partial charge in [-0.1, -0.05) is 0 Å². The minimum atomic E-state index is 0.647. The minimum Gasteiger partial charge on any atom is -0.366 e. The molecular weight excluding hydrogens is 174 g/mol. The van der Waals surface area contributed by atoms with Crippen LogP contribution in [0.2, 0.25) is 0 Å². The van der Waals surface area contributed by atoms with E-state index >= 15 is 0 Å². The van der Waals surface area contributed by atoms with Crippen LogP contribution in [-0.4, -0.2) is 16.0 Å². The number of aryl methyl sites for hydroxylation is 1. The first kappa shape index (κ1) is 8.21. The molecule has 3 rings (SSSR count). The molecule has 2 saturated carbocycles. The van der Waals surface area contributed by atoms with Gasteiger partial charge in [-0.25, -0.2) is 4.98 Å². The second-order valence-electron chi connectivity index (χ2n) is 4.56. The summed E-state index contributed by atoms with van der Waals surface area (Å²) in [7, 11) is 0. The van der Waals surface area contributed by atoms with Crippen LogP contribution in [-0.2, 0) is 0 Å². The van der Waals surface area contributed by atoms with E-state index in [1.807, 2.05) is 6.92 Å². The lowest BCUT2D eigenvalue weighted by atomic mass is 10.1. The Balaban J connectivity index is 1.69. The van der Waals surface area contributed by atoms with Gasteiger partial charge in [-0.15, -0.1) is 0 Å². The first-order valence-electron chi connectivity index (χ1n) is 5.37. The third-order valence-corrected chi connectivity index (χ3v) is 3.47. The van der Waals surface area contributed by atoms with E-state index in [2.05, 4.69) is 15.3 Å². The number of anilines is 1. The Kier molecular flexibility index (Phi) is 1.72. The van der Waals surface area contributed by atoms with Crippen LogP contribution in [0.3, 0.4) is 0 Å². The molecule has 74 valence electrons. The van der Waals surface area contributed by atoms with Crippen molar-refractivity contribution in [2.75, 3.05) is 5.32 Å². The molecule has 0 radical (unpaired) electrons. The summed E-state index contributed by atoms with van der Waals surface area (Å²) in [6, 6.07) is 0.647. The Morgan fingerprint density at radius 2 is 1.86 bits per heavy atom. The number of hydrogen-bond acceptors (Lipinski definition) is 3. The molecule has 0 bridgehead atoms. The van der Waals surface area contributed by atoms with E-state index in [0.29, 0.717) is 6.04 Å². The zero-order valence-corrected chi connectivity index (χ0v) is 8.40. The maximum Gasteiger partial charge on any atom is 0.147 e. The van der Waals surface area contributed by atoms with Gasteiger partial charge in [0.25, 0.3) is 0 Å². The Bertz CT molecular complexity index is 340. The highest BCUT2D eigenvalue weighted by Crippen LogP contribution is 2.52. The summed E-state index contributed by atoms with van der Waals surface area (Å²) in [5.74, 6) is 3.01. The molecule has 1 N–H and O–H groups in total. The highest BCUT2D eigenvalue weighted by atomic mass is 15.0. The van der Waals surface area contributed by atoms with E-state index in [-0.39, 0.29) is 0 Å². The van der Waals surface area contributed by atoms with Gasteiger partial charge in [-0.2, -0.15) is 0 Å². The molecule has 2 aliphatic rings. The maximum atomic E-state index is 4.31. The molecule has 1 heterocycles. The van der Waals surface area contributed by atoms with Crippen molar-refractivity contribution in [2.45, 2.75) is 32.2 Å². The molecule has 2 fully saturated rings. The molecule has 0 aromatic carbocycles. The van der Waals surface area contributed by atoms with Gasteiger partial charge < -0.3 is 5.32 Å². The fraction of sp³-hybridized carbons (Fsp3) is 0.636. The number of nitrogens with zero attached hydrogens (tertiary/aromatic N) is 2. The van der Waals surface area contributed by atoms with Crippen molar-refractivity contribution in [1.82, 2.24) is 9.97 Å². The number of nitrogens with one attached hydrogen (secondary N) is 1. The summed E-state index contributed by atoms with van der Waals surface area (Å²) >= 11 is 0. The van der Waals surface area contributed by atoms with Crippen LogP contribution >= 0.6 is 0 Å². The molecule has 14 heavy (non-hydrogen) atoms. The van der Waals surface area contributed by atoms with Crippen molar-refractivity contribution in [3.8, 4) is 0 Å². The van der Waals surface area contributed by atoms with Crippen LogP contribution in [0.1, 0.15) is 25.0 Å². The topological polar surface area (TPSA) is 37.8 Å². The molecule has 2 unspecified atom stereocenters. The van der Waals surface area contributed by atoms with Gasteiger partial charge in [0.2, 0.25) is 0 Å². The van der Waals surface area contributed by atoms with E-state index in [0.717, 1.165) is 23.3 Å². The highest BCUT2D eigenvalue weighted by molar-refractivity contribution is 5.40. The SMILES string of the molecule is Cc1nccnc1NC1CC2CC2C1. The minimum absolute atomic E-state index is 0.647. The van der Waals surface area contributed by atoms with Crippen molar-refractivity contribution in [3.63, 3.8) is 0 Å². The van der Waals surface area contributed by atoms with Crippen molar-refractivity contribution in [3.05, 3.63) is 18.1 Å². The fourth-order valence-corrected chi connectivity index (χ4v) is 2.58. The molecule has 0 spiro atoms. The van der Waals surface area contributed by atoms with Gasteiger partial charge in [0, 0.05) is 18.4 Å². The van der Waals surface area contributed by atoms with Gasteiger partial charge in [-0.3, -0.25) is 4.98 Å². The molecule has 2 atom stereocenters. The number of hydrogen-bond donors (Lipinski definition) is 1. The summed E-state index contributed by atoms with van der Waals surface area (Å²) in [5, 5.41) is 3.50. The van der Waals surface area contributed by atoms with Crippen molar-refractivity contribution in [1.29, 1.82) is 0 Å². The van der Waals surface area contributed by atoms with Gasteiger partial charge >= 0.3 is 0 Å². The van der Waals surface area contributed by atoms with Gasteiger partial charge in [0.05, 0.1) is 5.69 Å². The molecular formula is C11H15N3. The Morgan fingerprint density at radius 3 is 2.57 bits per heavy atom. The first-order chi connectivity index (χ1) is 6.83. The Labute approximate surface area is 84.0 Å². The van der Waals surface area contributed by atoms with E-state index in [1.54, 1.807) is 12.4 Å². The van der Waals surface area contributed by atoms with Crippen molar-refractivity contribution >= 4 is 5.82 Å². The zero-order valence-electron chi connectivity index (χ0n) is 8.40. The van der Waals surface area contributed by atoms with E-state index in [4.69, 9.17) is 0 Å². The van der Waals surface area contributed by atoms with Gasteiger partial charge in [-0.05, 0) is 38.0 Å². The van der Waals surface area contributed by atoms with E-state index in [1.165, 1.54) is 19.3 Å². The average molecular weight is 189 g/mol. The summed E-state index contributed by atoms with van der Waals surface area (Å²) in [5.41, 5.74) is 1.01. The second kappa shape index (κ2) is 2.94. The lowest BCUT2D eigenvalue weighted by molar-refractivity contribution is 0.647. The fourth-order valence-electron chi connectivity index (χ4n) is 2.58. The van der Waals surface area contributed by atoms with Crippen LogP contribution in [0.5, 0.6) is 0 Å². The monoisotopic (exact) mass is 189 g/mol. The molecule has 2 aliphatic carbocycles. The summed E-state index contributed by atoms with van der Waals surface area (Å²) in [4.78, 5) is 8.53. The standard InChI is InChI=1S/C11H15N3/c1-7-11(13-3-2-12-7)14-10-5-8-4-9(8)6-10/h2-3,8-10H,4-6H2,1H3,(H,13,14). The lowest BCUT2D eigenvalue weighted by Crippen LogP contribution is -2.18. The van der Waals surface area contributed by atoms with Gasteiger partial charge in [0.15, 0.2) is 0 Å². The Morgan fingerprint density at radius 1 is 1.14 bits per heavy atom. The van der Waals surface area contributed by atoms with Crippen LogP contribution in [0.15, 0.2) is 12.4 Å². The summed E-state index contributed by atoms with van der Waals surface area (Å²) < 4.78 is 0. The largest absolute Gasteiger partial charge is 0.366 e. The number of fused-ring (bicyclic) bond motifs is 1. The van der Waals surface area contributed by atoms with Crippen LogP contribution in [0.25, 0.3) is 0 Å². The third kappa shape index (κ3) is 1.37. The molecule has 1 aromatic heterocycles. The van der Waals surface area contributed by atoms with Crippen LogP contribution < -0.4 is 5.32 Å². The molecule has 3 heteroatoms. The number of aromatic nitrogens is 2. The van der Waals surface area contributed by atoms with Crippen LogP contribution in [0.4, 0.5) is 5.82 Å². The van der Waals surface area contributed by atoms with Crippen molar-refractivity contribution in [2.24, 2.45) is 11.8 Å². The molecule has 0 saturated heterocycles. The maximum absolute atomic E-state index is 4.31. The zero-order chi connectivity index (χ0) is 9.54. The second-order valence-corrected chi connectivity index (χ2v) is 4.56. The predicted octanol–water partition coefficient (Wildman–Crippen LogP) is 2.00. The molecule has 1 aromatic rings.